The standard InChI is InChI=1S/C28H29N3OS.H2/c1-4-24(20-13-8-6-9-14-20)29-28(32)26-25(22-17-12-18-23(19-22)33-3)30-27(31(26)5-2)21-15-10-7-11-16-21;/h6-19,24H,4-5H2,1-3H3,(H,29,32);1H/t24-;/m0./s1. The van der Waals surface area contributed by atoms with Crippen LogP contribution in [0.3, 0.4) is 0 Å². The normalized spacial score (nSPS) is 11.8. The summed E-state index contributed by atoms with van der Waals surface area (Å²) in [5, 5.41) is 3.27. The van der Waals surface area contributed by atoms with Crippen LogP contribution in [-0.4, -0.2) is 21.7 Å². The van der Waals surface area contributed by atoms with Crippen LogP contribution in [0, 0.1) is 0 Å². The molecular weight excluding hydrogens is 426 g/mol. The van der Waals surface area contributed by atoms with Gasteiger partial charge in [0.1, 0.15) is 17.2 Å². The summed E-state index contributed by atoms with van der Waals surface area (Å²) < 4.78 is 2.03. The van der Waals surface area contributed by atoms with Gasteiger partial charge in [-0.15, -0.1) is 11.8 Å². The van der Waals surface area contributed by atoms with E-state index in [2.05, 4.69) is 49.7 Å². The molecule has 1 aromatic heterocycles. The lowest BCUT2D eigenvalue weighted by atomic mass is 10.0. The summed E-state index contributed by atoms with van der Waals surface area (Å²) in [5.74, 6) is 0.701. The Hall–Kier alpha value is -3.31. The first kappa shape index (κ1) is 22.9. The van der Waals surface area contributed by atoms with E-state index < -0.39 is 0 Å². The Morgan fingerprint density at radius 1 is 0.970 bits per heavy atom. The molecule has 0 saturated heterocycles. The van der Waals surface area contributed by atoms with Crippen LogP contribution in [0.5, 0.6) is 0 Å². The number of nitrogens with zero attached hydrogens (tertiary/aromatic N) is 2. The van der Waals surface area contributed by atoms with Gasteiger partial charge in [-0.25, -0.2) is 4.98 Å². The fourth-order valence-electron chi connectivity index (χ4n) is 4.10. The van der Waals surface area contributed by atoms with Gasteiger partial charge in [-0.1, -0.05) is 79.7 Å². The number of rotatable bonds is 8. The maximum Gasteiger partial charge on any atom is 0.270 e. The van der Waals surface area contributed by atoms with Gasteiger partial charge in [0.25, 0.3) is 5.91 Å². The molecule has 0 aliphatic heterocycles. The average Bonchev–Trinajstić information content (AvgIpc) is 3.28. The molecule has 1 atom stereocenters. The van der Waals surface area contributed by atoms with Gasteiger partial charge in [-0.3, -0.25) is 4.79 Å². The topological polar surface area (TPSA) is 46.9 Å². The number of hydrogen-bond donors (Lipinski definition) is 1. The van der Waals surface area contributed by atoms with Crippen molar-refractivity contribution >= 4 is 17.7 Å². The summed E-state index contributed by atoms with van der Waals surface area (Å²) in [6, 6.07) is 28.4. The molecule has 0 radical (unpaired) electrons. The molecule has 0 aliphatic carbocycles. The molecule has 1 N–H and O–H groups in total. The molecular formula is C28H31N3OS. The van der Waals surface area contributed by atoms with E-state index in [-0.39, 0.29) is 13.4 Å². The lowest BCUT2D eigenvalue weighted by Gasteiger charge is -2.19. The zero-order valence-electron chi connectivity index (χ0n) is 19.3. The number of hydrogen-bond acceptors (Lipinski definition) is 3. The number of imidazole rings is 1. The van der Waals surface area contributed by atoms with Gasteiger partial charge in [-0.2, -0.15) is 0 Å². The summed E-state index contributed by atoms with van der Waals surface area (Å²) in [7, 11) is 0. The number of nitrogens with one attached hydrogen (secondary N) is 1. The van der Waals surface area contributed by atoms with E-state index in [1.165, 1.54) is 0 Å². The Balaban J connectivity index is 0.00000324. The highest BCUT2D eigenvalue weighted by Crippen LogP contribution is 2.32. The molecule has 3 aromatic carbocycles. The minimum absolute atomic E-state index is 0. The first-order valence-corrected chi connectivity index (χ1v) is 12.5. The van der Waals surface area contributed by atoms with Crippen molar-refractivity contribution in [3.05, 3.63) is 96.2 Å². The van der Waals surface area contributed by atoms with Crippen LogP contribution in [0.4, 0.5) is 0 Å². The van der Waals surface area contributed by atoms with Gasteiger partial charge < -0.3 is 9.88 Å². The predicted octanol–water partition coefficient (Wildman–Crippen LogP) is 7.09. The number of carbonyl (C=O) groups is 1. The van der Waals surface area contributed by atoms with Crippen molar-refractivity contribution in [2.75, 3.05) is 6.26 Å². The van der Waals surface area contributed by atoms with Gasteiger partial charge in [-0.05, 0) is 37.3 Å². The van der Waals surface area contributed by atoms with Crippen molar-refractivity contribution in [2.45, 2.75) is 37.8 Å². The highest BCUT2D eigenvalue weighted by Gasteiger charge is 2.26. The summed E-state index contributed by atoms with van der Waals surface area (Å²) in [6.45, 7) is 4.79. The predicted molar refractivity (Wildman–Crippen MR) is 140 cm³/mol. The van der Waals surface area contributed by atoms with Crippen LogP contribution in [0.2, 0.25) is 0 Å². The fourth-order valence-corrected chi connectivity index (χ4v) is 4.56. The van der Waals surface area contributed by atoms with Gasteiger partial charge >= 0.3 is 0 Å². The van der Waals surface area contributed by atoms with Gasteiger partial charge in [0, 0.05) is 24.0 Å². The van der Waals surface area contributed by atoms with Crippen molar-refractivity contribution in [1.82, 2.24) is 14.9 Å². The zero-order valence-corrected chi connectivity index (χ0v) is 20.1. The maximum absolute atomic E-state index is 13.8. The summed E-state index contributed by atoms with van der Waals surface area (Å²) in [4.78, 5) is 19.9. The molecule has 0 spiro atoms. The van der Waals surface area contributed by atoms with Gasteiger partial charge in [0.05, 0.1) is 6.04 Å². The Labute approximate surface area is 201 Å². The van der Waals surface area contributed by atoms with E-state index in [1.807, 2.05) is 65.2 Å². The van der Waals surface area contributed by atoms with Crippen molar-refractivity contribution in [2.24, 2.45) is 0 Å². The lowest BCUT2D eigenvalue weighted by Crippen LogP contribution is -2.30. The van der Waals surface area contributed by atoms with E-state index in [1.54, 1.807) is 11.8 Å². The van der Waals surface area contributed by atoms with Crippen molar-refractivity contribution in [3.8, 4) is 22.6 Å². The number of carbonyl (C=O) groups excluding carboxylic acids is 1. The van der Waals surface area contributed by atoms with Gasteiger partial charge in [0.15, 0.2) is 0 Å². The van der Waals surface area contributed by atoms with Crippen LogP contribution in [0.15, 0.2) is 89.8 Å². The number of thioether (sulfide) groups is 1. The second-order valence-corrected chi connectivity index (χ2v) is 8.70. The smallest absolute Gasteiger partial charge is 0.270 e. The minimum Gasteiger partial charge on any atom is -0.344 e. The van der Waals surface area contributed by atoms with Crippen LogP contribution in [0.25, 0.3) is 22.6 Å². The molecule has 1 heterocycles. The molecule has 33 heavy (non-hydrogen) atoms. The summed E-state index contributed by atoms with van der Waals surface area (Å²) in [6.07, 6.45) is 2.86. The quantitative estimate of drug-likeness (QED) is 0.287. The van der Waals surface area contributed by atoms with E-state index in [4.69, 9.17) is 4.98 Å². The van der Waals surface area contributed by atoms with Crippen LogP contribution in [-0.2, 0) is 6.54 Å². The Morgan fingerprint density at radius 3 is 2.27 bits per heavy atom. The Kier molecular flexibility index (Phi) is 7.30. The molecule has 4 aromatic rings. The van der Waals surface area contributed by atoms with Crippen LogP contribution in [0.1, 0.15) is 43.8 Å². The maximum atomic E-state index is 13.8. The highest BCUT2D eigenvalue weighted by atomic mass is 32.2. The second-order valence-electron chi connectivity index (χ2n) is 7.82. The number of aromatic nitrogens is 2. The largest absolute Gasteiger partial charge is 0.344 e. The Morgan fingerprint density at radius 2 is 1.64 bits per heavy atom. The highest BCUT2D eigenvalue weighted by molar-refractivity contribution is 7.98. The molecule has 0 unspecified atom stereocenters. The molecule has 1 amide bonds. The van der Waals surface area contributed by atoms with E-state index in [0.717, 1.165) is 33.8 Å². The minimum atomic E-state index is -0.105. The van der Waals surface area contributed by atoms with E-state index in [0.29, 0.717) is 17.9 Å². The molecule has 4 rings (SSSR count). The lowest BCUT2D eigenvalue weighted by molar-refractivity contribution is 0.0927. The molecule has 0 aliphatic rings. The first-order chi connectivity index (χ1) is 16.2. The molecule has 4 nitrogen and oxygen atoms in total. The number of benzene rings is 3. The molecule has 0 saturated carbocycles. The first-order valence-electron chi connectivity index (χ1n) is 11.3. The Bertz CT molecular complexity index is 1230. The number of amides is 1. The zero-order chi connectivity index (χ0) is 23.2. The SMILES string of the molecule is CC[C@H](NC(=O)c1c(-c2cccc(SC)c2)nc(-c2ccccc2)n1CC)c1ccccc1.[HH]. The summed E-state index contributed by atoms with van der Waals surface area (Å²) in [5.41, 5.74) is 4.36. The monoisotopic (exact) mass is 457 g/mol. The third kappa shape index (κ3) is 4.88. The van der Waals surface area contributed by atoms with E-state index >= 15 is 0 Å². The molecule has 0 bridgehead atoms. The van der Waals surface area contributed by atoms with Crippen molar-refractivity contribution in [1.29, 1.82) is 0 Å². The second kappa shape index (κ2) is 10.5. The van der Waals surface area contributed by atoms with Gasteiger partial charge in [0.2, 0.25) is 0 Å². The van der Waals surface area contributed by atoms with E-state index in [9.17, 15) is 4.79 Å². The fraction of sp³-hybridized carbons (Fsp3) is 0.214. The van der Waals surface area contributed by atoms with Crippen molar-refractivity contribution < 1.29 is 6.22 Å². The van der Waals surface area contributed by atoms with Crippen LogP contribution < -0.4 is 5.32 Å². The molecule has 0 fully saturated rings. The third-order valence-electron chi connectivity index (χ3n) is 5.79. The molecule has 170 valence electrons. The average molecular weight is 458 g/mol. The third-order valence-corrected chi connectivity index (χ3v) is 6.51. The van der Waals surface area contributed by atoms with Crippen LogP contribution >= 0.6 is 11.8 Å². The summed E-state index contributed by atoms with van der Waals surface area (Å²) >= 11 is 1.68. The van der Waals surface area contributed by atoms with Crippen molar-refractivity contribution in [3.63, 3.8) is 0 Å². The molecule has 5 heteroatoms.